The van der Waals surface area contributed by atoms with Crippen molar-refractivity contribution in [3.05, 3.63) is 0 Å². The Balaban J connectivity index is 2.37. The first-order valence-electron chi connectivity index (χ1n) is 6.43. The van der Waals surface area contributed by atoms with E-state index < -0.39 is 0 Å². The van der Waals surface area contributed by atoms with Crippen LogP contribution in [-0.2, 0) is 9.47 Å². The predicted molar refractivity (Wildman–Crippen MR) is 66.6 cm³/mol. The monoisotopic (exact) mass is 229 g/mol. The standard InChI is InChI=1S/C13H27NO2/c1-10(2)12(7-8-15-3)14-13(9-16-4)11-5-6-11/h10-14H,5-9H2,1-4H3. The molecule has 1 fully saturated rings. The third-order valence-electron chi connectivity index (χ3n) is 3.40. The van der Waals surface area contributed by atoms with Crippen molar-refractivity contribution in [3.63, 3.8) is 0 Å². The van der Waals surface area contributed by atoms with Gasteiger partial charge in [-0.05, 0) is 31.1 Å². The summed E-state index contributed by atoms with van der Waals surface area (Å²) in [6.45, 7) is 6.20. The molecular formula is C13H27NO2. The zero-order valence-corrected chi connectivity index (χ0v) is 11.2. The third kappa shape index (κ3) is 4.81. The van der Waals surface area contributed by atoms with Gasteiger partial charge in [0.25, 0.3) is 0 Å². The van der Waals surface area contributed by atoms with Crippen LogP contribution in [0.3, 0.4) is 0 Å². The predicted octanol–water partition coefficient (Wildman–Crippen LogP) is 2.06. The smallest absolute Gasteiger partial charge is 0.0618 e. The molecule has 2 unspecified atom stereocenters. The molecule has 16 heavy (non-hydrogen) atoms. The molecular weight excluding hydrogens is 202 g/mol. The lowest BCUT2D eigenvalue weighted by molar-refractivity contribution is 0.131. The average Bonchev–Trinajstić information content (AvgIpc) is 3.05. The SMILES string of the molecule is COCCC(NC(COC)C1CC1)C(C)C. The van der Waals surface area contributed by atoms with Crippen molar-refractivity contribution >= 4 is 0 Å². The second-order valence-electron chi connectivity index (χ2n) is 5.20. The number of ether oxygens (including phenoxy) is 2. The topological polar surface area (TPSA) is 30.5 Å². The van der Waals surface area contributed by atoms with Crippen LogP contribution >= 0.6 is 0 Å². The van der Waals surface area contributed by atoms with E-state index >= 15 is 0 Å². The van der Waals surface area contributed by atoms with Crippen LogP contribution < -0.4 is 5.32 Å². The molecule has 0 saturated heterocycles. The van der Waals surface area contributed by atoms with Crippen LogP contribution in [0.5, 0.6) is 0 Å². The van der Waals surface area contributed by atoms with Gasteiger partial charge >= 0.3 is 0 Å². The van der Waals surface area contributed by atoms with Crippen molar-refractivity contribution in [2.45, 2.75) is 45.2 Å². The van der Waals surface area contributed by atoms with Crippen LogP contribution in [0.25, 0.3) is 0 Å². The molecule has 3 heteroatoms. The van der Waals surface area contributed by atoms with Gasteiger partial charge in [0.05, 0.1) is 6.61 Å². The first-order chi connectivity index (χ1) is 7.69. The van der Waals surface area contributed by atoms with Gasteiger partial charge in [0.15, 0.2) is 0 Å². The Hall–Kier alpha value is -0.120. The molecule has 0 radical (unpaired) electrons. The van der Waals surface area contributed by atoms with E-state index in [2.05, 4.69) is 19.2 Å². The quantitative estimate of drug-likeness (QED) is 0.656. The molecule has 0 aliphatic heterocycles. The maximum absolute atomic E-state index is 5.30. The highest BCUT2D eigenvalue weighted by atomic mass is 16.5. The van der Waals surface area contributed by atoms with Crippen LogP contribution in [0.2, 0.25) is 0 Å². The van der Waals surface area contributed by atoms with Crippen molar-refractivity contribution in [2.75, 3.05) is 27.4 Å². The molecule has 0 heterocycles. The van der Waals surface area contributed by atoms with Gasteiger partial charge in [-0.1, -0.05) is 13.8 Å². The highest BCUT2D eigenvalue weighted by Crippen LogP contribution is 2.33. The van der Waals surface area contributed by atoms with Crippen molar-refractivity contribution in [1.82, 2.24) is 5.32 Å². The summed E-state index contributed by atoms with van der Waals surface area (Å²) in [4.78, 5) is 0. The van der Waals surface area contributed by atoms with E-state index in [0.29, 0.717) is 18.0 Å². The van der Waals surface area contributed by atoms with Crippen molar-refractivity contribution in [2.24, 2.45) is 11.8 Å². The summed E-state index contributed by atoms with van der Waals surface area (Å²) >= 11 is 0. The van der Waals surface area contributed by atoms with E-state index in [1.165, 1.54) is 12.8 Å². The Morgan fingerprint density at radius 3 is 2.31 bits per heavy atom. The largest absolute Gasteiger partial charge is 0.385 e. The Bertz CT molecular complexity index is 181. The lowest BCUT2D eigenvalue weighted by atomic mass is 9.99. The van der Waals surface area contributed by atoms with Crippen molar-refractivity contribution < 1.29 is 9.47 Å². The second kappa shape index (κ2) is 7.25. The van der Waals surface area contributed by atoms with E-state index in [4.69, 9.17) is 9.47 Å². The zero-order valence-electron chi connectivity index (χ0n) is 11.2. The first kappa shape index (κ1) is 13.9. The summed E-state index contributed by atoms with van der Waals surface area (Å²) in [5, 5.41) is 3.75. The zero-order chi connectivity index (χ0) is 12.0. The Morgan fingerprint density at radius 1 is 1.19 bits per heavy atom. The number of hydrogen-bond donors (Lipinski definition) is 1. The van der Waals surface area contributed by atoms with E-state index in [1.54, 1.807) is 14.2 Å². The lowest BCUT2D eigenvalue weighted by Crippen LogP contribution is -2.45. The van der Waals surface area contributed by atoms with Gasteiger partial charge in [0.2, 0.25) is 0 Å². The van der Waals surface area contributed by atoms with E-state index in [1.807, 2.05) is 0 Å². The Morgan fingerprint density at radius 2 is 1.88 bits per heavy atom. The van der Waals surface area contributed by atoms with E-state index in [0.717, 1.165) is 25.6 Å². The van der Waals surface area contributed by atoms with Crippen molar-refractivity contribution in [3.8, 4) is 0 Å². The summed E-state index contributed by atoms with van der Waals surface area (Å²) in [6.07, 6.45) is 3.80. The third-order valence-corrected chi connectivity index (χ3v) is 3.40. The molecule has 96 valence electrons. The number of nitrogens with one attached hydrogen (secondary N) is 1. The fourth-order valence-corrected chi connectivity index (χ4v) is 2.13. The van der Waals surface area contributed by atoms with Gasteiger partial charge in [0, 0.05) is 32.9 Å². The highest BCUT2D eigenvalue weighted by Gasteiger charge is 2.32. The average molecular weight is 229 g/mol. The summed E-state index contributed by atoms with van der Waals surface area (Å²) in [7, 11) is 3.56. The number of rotatable bonds is 9. The van der Waals surface area contributed by atoms with Crippen LogP contribution in [-0.4, -0.2) is 39.5 Å². The van der Waals surface area contributed by atoms with Crippen LogP contribution in [0.4, 0.5) is 0 Å². The molecule has 0 aromatic rings. The van der Waals surface area contributed by atoms with Gasteiger partial charge < -0.3 is 14.8 Å². The minimum Gasteiger partial charge on any atom is -0.385 e. The second-order valence-corrected chi connectivity index (χ2v) is 5.20. The Kier molecular flexibility index (Phi) is 6.32. The van der Waals surface area contributed by atoms with Crippen LogP contribution in [0, 0.1) is 11.8 Å². The minimum atomic E-state index is 0.536. The molecule has 0 amide bonds. The molecule has 2 atom stereocenters. The number of methoxy groups -OCH3 is 2. The maximum Gasteiger partial charge on any atom is 0.0618 e. The summed E-state index contributed by atoms with van der Waals surface area (Å²) in [5.41, 5.74) is 0. The maximum atomic E-state index is 5.30. The van der Waals surface area contributed by atoms with Crippen LogP contribution in [0.15, 0.2) is 0 Å². The molecule has 3 nitrogen and oxygen atoms in total. The van der Waals surface area contributed by atoms with Crippen molar-refractivity contribution in [1.29, 1.82) is 0 Å². The molecule has 0 aromatic heterocycles. The summed E-state index contributed by atoms with van der Waals surface area (Å²) < 4.78 is 10.5. The van der Waals surface area contributed by atoms with Crippen LogP contribution in [0.1, 0.15) is 33.1 Å². The van der Waals surface area contributed by atoms with Gasteiger partial charge in [-0.25, -0.2) is 0 Å². The lowest BCUT2D eigenvalue weighted by Gasteiger charge is -2.28. The molecule has 0 aromatic carbocycles. The summed E-state index contributed by atoms with van der Waals surface area (Å²) in [5.74, 6) is 1.48. The molecule has 1 aliphatic rings. The fourth-order valence-electron chi connectivity index (χ4n) is 2.13. The highest BCUT2D eigenvalue weighted by molar-refractivity contribution is 4.89. The normalized spacial score (nSPS) is 20.1. The molecule has 1 N–H and O–H groups in total. The molecule has 1 aliphatic carbocycles. The fraction of sp³-hybridized carbons (Fsp3) is 1.00. The minimum absolute atomic E-state index is 0.536. The van der Waals surface area contributed by atoms with Gasteiger partial charge in [0.1, 0.15) is 0 Å². The molecule has 1 saturated carbocycles. The van der Waals surface area contributed by atoms with Gasteiger partial charge in [-0.15, -0.1) is 0 Å². The van der Waals surface area contributed by atoms with E-state index in [9.17, 15) is 0 Å². The number of hydrogen-bond acceptors (Lipinski definition) is 3. The molecule has 1 rings (SSSR count). The summed E-state index contributed by atoms with van der Waals surface area (Å²) in [6, 6.07) is 1.08. The molecule has 0 spiro atoms. The van der Waals surface area contributed by atoms with E-state index in [-0.39, 0.29) is 0 Å². The van der Waals surface area contributed by atoms with Gasteiger partial charge in [-0.3, -0.25) is 0 Å². The Labute approximate surface area is 99.9 Å². The van der Waals surface area contributed by atoms with Gasteiger partial charge in [-0.2, -0.15) is 0 Å². The molecule has 0 bridgehead atoms. The first-order valence-corrected chi connectivity index (χ1v) is 6.43.